The van der Waals surface area contributed by atoms with E-state index in [1.54, 1.807) is 24.4 Å². The Hall–Kier alpha value is -2.74. The van der Waals surface area contributed by atoms with E-state index in [2.05, 4.69) is 9.98 Å². The molecule has 0 spiro atoms. The van der Waals surface area contributed by atoms with E-state index in [0.29, 0.717) is 17.5 Å². The molecule has 2 N–H and O–H groups in total. The van der Waals surface area contributed by atoms with Gasteiger partial charge in [-0.15, -0.1) is 0 Å². The maximum Gasteiger partial charge on any atom is 0.239 e. The van der Waals surface area contributed by atoms with Crippen molar-refractivity contribution in [3.8, 4) is 0 Å². The average Bonchev–Trinajstić information content (AvgIpc) is 3.29. The van der Waals surface area contributed by atoms with Crippen molar-refractivity contribution in [1.29, 1.82) is 0 Å². The van der Waals surface area contributed by atoms with Crippen LogP contribution >= 0.6 is 11.8 Å². The van der Waals surface area contributed by atoms with Crippen LogP contribution in [-0.4, -0.2) is 38.8 Å². The Labute approximate surface area is 196 Å². The monoisotopic (exact) mass is 468 g/mol. The normalized spacial score (nSPS) is 29.0. The number of pyridine rings is 1. The molecule has 5 nitrogen and oxygen atoms in total. The Morgan fingerprint density at radius 2 is 2.03 bits per heavy atom. The summed E-state index contributed by atoms with van der Waals surface area (Å²) in [7, 11) is 0. The Kier molecular flexibility index (Phi) is 5.31. The van der Waals surface area contributed by atoms with E-state index in [-0.39, 0.29) is 22.7 Å². The zero-order valence-corrected chi connectivity index (χ0v) is 19.5. The van der Waals surface area contributed by atoms with Crippen LogP contribution in [0.5, 0.6) is 0 Å². The number of amides is 1. The third-order valence-corrected chi connectivity index (χ3v) is 8.25. The lowest BCUT2D eigenvalue weighted by Gasteiger charge is -2.35. The minimum atomic E-state index is -1.00. The number of fused-ring (bicyclic) bond motifs is 1. The predicted molar refractivity (Wildman–Crippen MR) is 128 cm³/mol. The van der Waals surface area contributed by atoms with Crippen molar-refractivity contribution < 1.29 is 13.6 Å². The zero-order chi connectivity index (χ0) is 23.4. The molecule has 3 heterocycles. The van der Waals surface area contributed by atoms with Crippen molar-refractivity contribution >= 4 is 34.7 Å². The molecular weight excluding hydrogens is 442 g/mol. The number of benzene rings is 1. The van der Waals surface area contributed by atoms with Crippen LogP contribution in [0.15, 0.2) is 41.5 Å². The molecule has 1 aromatic carbocycles. The quantitative estimate of drug-likeness (QED) is 0.709. The number of carbonyl (C=O) groups excluding carboxylic acids is 1. The highest BCUT2D eigenvalue weighted by Crippen LogP contribution is 2.66. The summed E-state index contributed by atoms with van der Waals surface area (Å²) < 4.78 is 29.2. The van der Waals surface area contributed by atoms with Crippen molar-refractivity contribution in [2.45, 2.75) is 43.4 Å². The molecule has 1 aliphatic carbocycles. The number of halogens is 2. The number of aromatic nitrogens is 1. The van der Waals surface area contributed by atoms with E-state index >= 15 is 4.39 Å². The molecule has 2 aromatic rings. The van der Waals surface area contributed by atoms with Crippen LogP contribution in [-0.2, 0) is 10.3 Å². The standard InChI is InChI=1S/C25H26F2N4OS/c1-15-5-8-20(29-14-15)19(27)12-16-6-7-18(26)17(11-16)24(2)21-13-25(21,33-23(28)30-24)22(32)31-9-3-4-10-31/h5-8,11-12,14,21H,3-4,9-10,13H2,1-2H3,(H2,28,30)/b19-12-/t21-,24+,25-/m0/s1. The van der Waals surface area contributed by atoms with Gasteiger partial charge < -0.3 is 10.6 Å². The van der Waals surface area contributed by atoms with Crippen LogP contribution in [0.2, 0.25) is 0 Å². The maximum absolute atomic E-state index is 15.1. The molecule has 2 aliphatic heterocycles. The molecule has 8 heteroatoms. The number of hydrogen-bond acceptors (Lipinski definition) is 5. The number of hydrogen-bond donors (Lipinski definition) is 1. The van der Waals surface area contributed by atoms with E-state index in [0.717, 1.165) is 31.5 Å². The average molecular weight is 469 g/mol. The molecule has 0 radical (unpaired) electrons. The second kappa shape index (κ2) is 7.94. The first-order valence-corrected chi connectivity index (χ1v) is 12.0. The lowest BCUT2D eigenvalue weighted by Crippen LogP contribution is -2.45. The summed E-state index contributed by atoms with van der Waals surface area (Å²) in [5.74, 6) is -1.05. The molecule has 3 atom stereocenters. The summed E-state index contributed by atoms with van der Waals surface area (Å²) in [6.45, 7) is 5.21. The van der Waals surface area contributed by atoms with E-state index in [1.807, 2.05) is 18.7 Å². The molecule has 1 amide bonds. The van der Waals surface area contributed by atoms with Gasteiger partial charge in [0.2, 0.25) is 5.91 Å². The Bertz CT molecular complexity index is 1180. The number of nitrogens with two attached hydrogens (primary N) is 1. The van der Waals surface area contributed by atoms with Gasteiger partial charge in [-0.25, -0.2) is 8.78 Å². The number of rotatable bonds is 4. The topological polar surface area (TPSA) is 71.6 Å². The van der Waals surface area contributed by atoms with Crippen LogP contribution in [0.25, 0.3) is 11.9 Å². The first kappa shape index (κ1) is 22.1. The van der Waals surface area contributed by atoms with Gasteiger partial charge in [0.05, 0.1) is 11.2 Å². The van der Waals surface area contributed by atoms with Crippen molar-refractivity contribution in [2.75, 3.05) is 13.1 Å². The summed E-state index contributed by atoms with van der Waals surface area (Å²) in [5, 5.41) is 0.286. The highest BCUT2D eigenvalue weighted by Gasteiger charge is 2.71. The molecule has 1 aromatic heterocycles. The van der Waals surface area contributed by atoms with Crippen LogP contribution in [0.1, 0.15) is 48.6 Å². The van der Waals surface area contributed by atoms with Crippen LogP contribution in [0, 0.1) is 18.7 Å². The number of amidine groups is 1. The van der Waals surface area contributed by atoms with Crippen molar-refractivity contribution in [3.63, 3.8) is 0 Å². The van der Waals surface area contributed by atoms with E-state index < -0.39 is 21.9 Å². The van der Waals surface area contributed by atoms with Gasteiger partial charge in [0.15, 0.2) is 5.17 Å². The highest BCUT2D eigenvalue weighted by molar-refractivity contribution is 8.15. The number of aryl methyl sites for hydroxylation is 1. The van der Waals surface area contributed by atoms with E-state index in [9.17, 15) is 9.18 Å². The predicted octanol–water partition coefficient (Wildman–Crippen LogP) is 4.65. The lowest BCUT2D eigenvalue weighted by atomic mass is 9.84. The molecule has 172 valence electrons. The number of nitrogens with zero attached hydrogens (tertiary/aromatic N) is 3. The highest BCUT2D eigenvalue weighted by atomic mass is 32.2. The van der Waals surface area contributed by atoms with Crippen LogP contribution in [0.4, 0.5) is 8.78 Å². The fraction of sp³-hybridized carbons (Fsp3) is 0.400. The third kappa shape index (κ3) is 3.74. The van der Waals surface area contributed by atoms with Gasteiger partial charge in [-0.3, -0.25) is 14.8 Å². The SMILES string of the molecule is Cc1ccc(/C(F)=C/c2ccc(F)c([C@@]3(C)N=C(N)S[C@@]4(C(=O)N5CCCC5)C[C@H]43)c2)nc1. The first-order chi connectivity index (χ1) is 15.7. The minimum Gasteiger partial charge on any atom is -0.378 e. The Morgan fingerprint density at radius 3 is 2.73 bits per heavy atom. The molecule has 0 unspecified atom stereocenters. The Morgan fingerprint density at radius 1 is 1.27 bits per heavy atom. The summed E-state index contributed by atoms with van der Waals surface area (Å²) in [4.78, 5) is 24.0. The smallest absolute Gasteiger partial charge is 0.239 e. The molecule has 5 rings (SSSR count). The van der Waals surface area contributed by atoms with Crippen LogP contribution in [0.3, 0.4) is 0 Å². The van der Waals surface area contributed by atoms with Gasteiger partial charge in [-0.1, -0.05) is 23.9 Å². The van der Waals surface area contributed by atoms with Gasteiger partial charge in [-0.05, 0) is 68.5 Å². The largest absolute Gasteiger partial charge is 0.378 e. The van der Waals surface area contributed by atoms with Gasteiger partial charge >= 0.3 is 0 Å². The molecule has 3 aliphatic rings. The summed E-state index contributed by atoms with van der Waals surface area (Å²) in [5.41, 5.74) is 7.15. The number of carbonyl (C=O) groups is 1. The summed E-state index contributed by atoms with van der Waals surface area (Å²) in [6, 6.07) is 7.85. The molecule has 1 saturated carbocycles. The van der Waals surface area contributed by atoms with Crippen molar-refractivity contribution in [2.24, 2.45) is 16.6 Å². The van der Waals surface area contributed by atoms with Crippen molar-refractivity contribution in [3.05, 3.63) is 64.7 Å². The number of thioether (sulfide) groups is 1. The number of likely N-dealkylation sites (tertiary alicyclic amines) is 1. The summed E-state index contributed by atoms with van der Waals surface area (Å²) >= 11 is 1.31. The van der Waals surface area contributed by atoms with Gasteiger partial charge in [0.25, 0.3) is 0 Å². The maximum atomic E-state index is 15.1. The molecule has 0 bridgehead atoms. The fourth-order valence-corrected chi connectivity index (χ4v) is 6.54. The van der Waals surface area contributed by atoms with Crippen molar-refractivity contribution in [1.82, 2.24) is 9.88 Å². The molecule has 2 fully saturated rings. The van der Waals surface area contributed by atoms with Gasteiger partial charge in [0, 0.05) is 30.8 Å². The molecule has 1 saturated heterocycles. The number of aliphatic imine (C=N–C) groups is 1. The first-order valence-electron chi connectivity index (χ1n) is 11.2. The zero-order valence-electron chi connectivity index (χ0n) is 18.6. The van der Waals surface area contributed by atoms with E-state index in [4.69, 9.17) is 5.73 Å². The van der Waals surface area contributed by atoms with Gasteiger partial charge in [0.1, 0.15) is 16.4 Å². The molecule has 33 heavy (non-hydrogen) atoms. The second-order valence-corrected chi connectivity index (χ2v) is 10.6. The third-order valence-electron chi connectivity index (χ3n) is 6.96. The second-order valence-electron chi connectivity index (χ2n) is 9.30. The molecular formula is C25H26F2N4OS. The fourth-order valence-electron chi connectivity index (χ4n) is 5.09. The van der Waals surface area contributed by atoms with E-state index in [1.165, 1.54) is 30.0 Å². The van der Waals surface area contributed by atoms with Gasteiger partial charge in [-0.2, -0.15) is 0 Å². The minimum absolute atomic E-state index is 0.0759. The lowest BCUT2D eigenvalue weighted by molar-refractivity contribution is -0.130. The van der Waals surface area contributed by atoms with Crippen LogP contribution < -0.4 is 5.73 Å². The Balaban J connectivity index is 1.50. The summed E-state index contributed by atoms with van der Waals surface area (Å²) in [6.07, 6.45) is 5.53.